The predicted octanol–water partition coefficient (Wildman–Crippen LogP) is 20.8. The van der Waals surface area contributed by atoms with Gasteiger partial charge in [-0.25, -0.2) is 0 Å². The maximum Gasteiger partial charge on any atom is 0.143 e. The first-order valence-corrected chi connectivity index (χ1v) is 27.4. The highest BCUT2D eigenvalue weighted by molar-refractivity contribution is 6.15. The standard InChI is InChI=1S/C75H56O2/c1-41-37-59-60-38-42(2)63-58-36-33-45-39-46(51-25-17-29-55-53-27-15-23-49(69(53)76-71(51)55)43-19-11-9-12-20-43)31-34-48(45)64(58)74(5,6)68(63)66(60)75(7,8)65(59)67-62(41)57-35-32-47(40-61(57)73(67,3)4)52-26-18-30-56-54-28-16-24-50(70(54)77-72(52)56)44-21-13-10-14-22-44/h9-40H,1-8H3. The highest BCUT2D eigenvalue weighted by Crippen LogP contribution is 2.65. The van der Waals surface area contributed by atoms with Crippen LogP contribution in [0.15, 0.2) is 203 Å². The molecule has 2 nitrogen and oxygen atoms in total. The number of benzene rings is 11. The molecule has 0 saturated heterocycles. The second kappa shape index (κ2) is 15.2. The lowest BCUT2D eigenvalue weighted by atomic mass is 9.68. The van der Waals surface area contributed by atoms with E-state index >= 15 is 0 Å². The van der Waals surface area contributed by atoms with Crippen LogP contribution in [0.2, 0.25) is 0 Å². The summed E-state index contributed by atoms with van der Waals surface area (Å²) >= 11 is 0. The van der Waals surface area contributed by atoms with Crippen LogP contribution < -0.4 is 0 Å². The summed E-state index contributed by atoms with van der Waals surface area (Å²) in [6, 6.07) is 71.6. The summed E-state index contributed by atoms with van der Waals surface area (Å²) in [5.74, 6) is 0. The van der Waals surface area contributed by atoms with Crippen molar-refractivity contribution in [3.05, 3.63) is 239 Å². The highest BCUT2D eigenvalue weighted by atomic mass is 16.3. The monoisotopic (exact) mass is 988 g/mol. The van der Waals surface area contributed by atoms with Gasteiger partial charge in [-0.3, -0.25) is 0 Å². The molecule has 0 N–H and O–H groups in total. The topological polar surface area (TPSA) is 26.3 Å². The molecule has 0 spiro atoms. The van der Waals surface area contributed by atoms with Gasteiger partial charge in [-0.05, 0) is 137 Å². The lowest BCUT2D eigenvalue weighted by Crippen LogP contribution is -2.27. The summed E-state index contributed by atoms with van der Waals surface area (Å²) in [6.45, 7) is 19.7. The van der Waals surface area contributed by atoms with Crippen molar-refractivity contribution in [3.63, 3.8) is 0 Å². The third-order valence-electron chi connectivity index (χ3n) is 18.6. The van der Waals surface area contributed by atoms with E-state index in [-0.39, 0.29) is 16.2 Å². The van der Waals surface area contributed by atoms with E-state index in [0.29, 0.717) is 0 Å². The number of rotatable bonds is 4. The van der Waals surface area contributed by atoms with Crippen LogP contribution in [0, 0.1) is 13.8 Å². The van der Waals surface area contributed by atoms with Crippen LogP contribution in [0.3, 0.4) is 0 Å². The zero-order valence-corrected chi connectivity index (χ0v) is 44.8. The number of hydrogen-bond acceptors (Lipinski definition) is 2. The lowest BCUT2D eigenvalue weighted by molar-refractivity contribution is 0.579. The number of furan rings is 2. The molecule has 2 aromatic heterocycles. The average Bonchev–Trinajstić information content (AvgIpc) is 4.40. The largest absolute Gasteiger partial charge is 0.455 e. The summed E-state index contributed by atoms with van der Waals surface area (Å²) in [4.78, 5) is 0. The quantitative estimate of drug-likeness (QED) is 0.176. The predicted molar refractivity (Wildman–Crippen MR) is 322 cm³/mol. The molecule has 3 aliphatic rings. The van der Waals surface area contributed by atoms with Gasteiger partial charge in [-0.1, -0.05) is 224 Å². The van der Waals surface area contributed by atoms with Gasteiger partial charge in [0.2, 0.25) is 0 Å². The zero-order valence-electron chi connectivity index (χ0n) is 44.8. The molecule has 2 heterocycles. The summed E-state index contributed by atoms with van der Waals surface area (Å²) in [6.07, 6.45) is 0. The Hall–Kier alpha value is -8.72. The van der Waals surface area contributed by atoms with Crippen LogP contribution in [-0.2, 0) is 16.2 Å². The fourth-order valence-corrected chi connectivity index (χ4v) is 15.3. The first-order valence-electron chi connectivity index (χ1n) is 27.4. The van der Waals surface area contributed by atoms with Gasteiger partial charge in [0.1, 0.15) is 22.3 Å². The third kappa shape index (κ3) is 5.80. The zero-order chi connectivity index (χ0) is 52.0. The number of hydrogen-bond donors (Lipinski definition) is 0. The molecule has 11 aromatic carbocycles. The van der Waals surface area contributed by atoms with E-state index in [1.54, 1.807) is 0 Å². The molecular formula is C75H56O2. The Morgan fingerprint density at radius 2 is 0.688 bits per heavy atom. The summed E-state index contributed by atoms with van der Waals surface area (Å²) in [7, 11) is 0. The van der Waals surface area contributed by atoms with Crippen molar-refractivity contribution in [2.45, 2.75) is 71.6 Å². The van der Waals surface area contributed by atoms with Crippen molar-refractivity contribution in [1.82, 2.24) is 0 Å². The van der Waals surface area contributed by atoms with E-state index in [9.17, 15) is 0 Å². The van der Waals surface area contributed by atoms with Gasteiger partial charge in [0, 0.05) is 60.0 Å². The van der Waals surface area contributed by atoms with Crippen molar-refractivity contribution in [2.75, 3.05) is 0 Å². The molecule has 0 saturated carbocycles. The van der Waals surface area contributed by atoms with Crippen molar-refractivity contribution in [2.24, 2.45) is 0 Å². The van der Waals surface area contributed by atoms with Crippen LogP contribution in [0.1, 0.15) is 86.1 Å². The van der Waals surface area contributed by atoms with Crippen LogP contribution in [0.4, 0.5) is 0 Å². The SMILES string of the molecule is Cc1cc2c(c3c1-c1ccc(-c4cccc5c4oc4c(-c6ccccc6)cccc45)cc1C3(C)C)C(C)(C)c1c-2cc(C)c2c1C(C)(C)c1c-2ccc2cc(-c3cccc4c3oc3c(-c5ccccc5)cccc34)ccc12. The van der Waals surface area contributed by atoms with Crippen molar-refractivity contribution >= 4 is 54.6 Å². The maximum absolute atomic E-state index is 6.97. The van der Waals surface area contributed by atoms with Crippen molar-refractivity contribution < 1.29 is 8.83 Å². The molecule has 0 aliphatic heterocycles. The number of aryl methyl sites for hydroxylation is 2. The van der Waals surface area contributed by atoms with E-state index in [4.69, 9.17) is 8.83 Å². The van der Waals surface area contributed by atoms with Gasteiger partial charge in [-0.15, -0.1) is 0 Å². The molecule has 2 heteroatoms. The first kappa shape index (κ1) is 44.6. The molecule has 3 aliphatic carbocycles. The molecule has 0 amide bonds. The van der Waals surface area contributed by atoms with Gasteiger partial charge in [0.15, 0.2) is 0 Å². The van der Waals surface area contributed by atoms with E-state index < -0.39 is 0 Å². The summed E-state index contributed by atoms with van der Waals surface area (Å²) in [5.41, 5.74) is 31.8. The number of para-hydroxylation sites is 4. The highest BCUT2D eigenvalue weighted by Gasteiger charge is 2.51. The molecule has 0 bridgehead atoms. The summed E-state index contributed by atoms with van der Waals surface area (Å²) in [5, 5.41) is 7.14. The minimum absolute atomic E-state index is 0.264. The van der Waals surface area contributed by atoms with Gasteiger partial charge >= 0.3 is 0 Å². The lowest BCUT2D eigenvalue weighted by Gasteiger charge is -2.34. The van der Waals surface area contributed by atoms with E-state index in [1.807, 2.05) is 0 Å². The molecule has 0 atom stereocenters. The molecule has 77 heavy (non-hydrogen) atoms. The normalized spacial score (nSPS) is 15.1. The van der Waals surface area contributed by atoms with Gasteiger partial charge < -0.3 is 8.83 Å². The smallest absolute Gasteiger partial charge is 0.143 e. The van der Waals surface area contributed by atoms with Gasteiger partial charge in [0.25, 0.3) is 0 Å². The van der Waals surface area contributed by atoms with Gasteiger partial charge in [0.05, 0.1) is 0 Å². The summed E-state index contributed by atoms with van der Waals surface area (Å²) < 4.78 is 13.9. The molecule has 16 rings (SSSR count). The Labute approximate surface area is 449 Å². The Morgan fingerprint density at radius 1 is 0.273 bits per heavy atom. The minimum atomic E-state index is -0.271. The van der Waals surface area contributed by atoms with Crippen molar-refractivity contribution in [3.8, 4) is 77.9 Å². The fraction of sp³-hybridized carbons (Fsp3) is 0.147. The second-order valence-corrected chi connectivity index (χ2v) is 24.0. The average molecular weight is 989 g/mol. The molecule has 368 valence electrons. The molecular weight excluding hydrogens is 933 g/mol. The Balaban J connectivity index is 0.805. The van der Waals surface area contributed by atoms with Crippen LogP contribution in [-0.4, -0.2) is 0 Å². The Kier molecular flexibility index (Phi) is 8.82. The number of fused-ring (bicyclic) bond motifs is 19. The maximum atomic E-state index is 6.97. The molecule has 0 radical (unpaired) electrons. The van der Waals surface area contributed by atoms with Crippen molar-refractivity contribution in [1.29, 1.82) is 0 Å². The molecule has 0 unspecified atom stereocenters. The van der Waals surface area contributed by atoms with E-state index in [0.717, 1.165) is 82.8 Å². The van der Waals surface area contributed by atoms with Crippen LogP contribution >= 0.6 is 0 Å². The van der Waals surface area contributed by atoms with Gasteiger partial charge in [-0.2, -0.15) is 0 Å². The fourth-order valence-electron chi connectivity index (χ4n) is 15.3. The minimum Gasteiger partial charge on any atom is -0.455 e. The third-order valence-corrected chi connectivity index (χ3v) is 18.6. The van der Waals surface area contributed by atoms with E-state index in [1.165, 1.54) is 94.2 Å². The Bertz CT molecular complexity index is 4760. The Morgan fingerprint density at radius 3 is 1.19 bits per heavy atom. The molecule has 13 aromatic rings. The van der Waals surface area contributed by atoms with Crippen LogP contribution in [0.25, 0.3) is 133 Å². The molecule has 0 fully saturated rings. The van der Waals surface area contributed by atoms with E-state index in [2.05, 4.69) is 250 Å². The van der Waals surface area contributed by atoms with Crippen LogP contribution in [0.5, 0.6) is 0 Å². The second-order valence-electron chi connectivity index (χ2n) is 24.0. The first-order chi connectivity index (χ1) is 37.3.